The Morgan fingerprint density at radius 3 is 2.38 bits per heavy atom. The van der Waals surface area contributed by atoms with Gasteiger partial charge in [-0.25, -0.2) is 13.8 Å². The molecule has 0 unspecified atom stereocenters. The fourth-order valence-electron chi connectivity index (χ4n) is 2.07. The molecule has 0 fully saturated rings. The number of para-hydroxylation sites is 1. The molecule has 1 aromatic heterocycles. The van der Waals surface area contributed by atoms with E-state index in [1.54, 1.807) is 18.2 Å². The quantitative estimate of drug-likeness (QED) is 0.638. The first-order chi connectivity index (χ1) is 10.0. The van der Waals surface area contributed by atoms with Crippen LogP contribution in [0.4, 0.5) is 8.78 Å². The van der Waals surface area contributed by atoms with E-state index in [0.29, 0.717) is 9.99 Å². The van der Waals surface area contributed by atoms with Crippen molar-refractivity contribution >= 4 is 32.6 Å². The van der Waals surface area contributed by atoms with Gasteiger partial charge in [0.2, 0.25) is 5.78 Å². The molecule has 3 aromatic rings. The molecule has 0 atom stereocenters. The molecule has 0 saturated carbocycles. The van der Waals surface area contributed by atoms with Crippen LogP contribution in [0.3, 0.4) is 0 Å². The number of carbonyl (C=O) groups excluding carboxylic acids is 1. The van der Waals surface area contributed by atoms with Crippen LogP contribution in [0.1, 0.15) is 16.1 Å². The van der Waals surface area contributed by atoms with E-state index in [9.17, 15) is 13.6 Å². The molecule has 0 amide bonds. The van der Waals surface area contributed by atoms with E-state index in [4.69, 9.17) is 0 Å². The second-order valence-electron chi connectivity index (χ2n) is 4.50. The monoisotopic (exact) mass is 347 g/mol. The summed E-state index contributed by atoms with van der Waals surface area (Å²) < 4.78 is 26.9. The van der Waals surface area contributed by atoms with Gasteiger partial charge in [-0.3, -0.25) is 4.79 Å². The number of rotatable bonds is 2. The highest BCUT2D eigenvalue weighted by molar-refractivity contribution is 9.10. The summed E-state index contributed by atoms with van der Waals surface area (Å²) in [7, 11) is 0. The first-order valence-corrected chi connectivity index (χ1v) is 6.90. The van der Waals surface area contributed by atoms with Crippen LogP contribution in [-0.2, 0) is 0 Å². The molecule has 5 heteroatoms. The third-order valence-corrected chi connectivity index (χ3v) is 3.62. The zero-order valence-corrected chi connectivity index (χ0v) is 12.2. The van der Waals surface area contributed by atoms with E-state index >= 15 is 0 Å². The van der Waals surface area contributed by atoms with Gasteiger partial charge in [0.25, 0.3) is 0 Å². The number of hydrogen-bond donors (Lipinski definition) is 0. The summed E-state index contributed by atoms with van der Waals surface area (Å²) >= 11 is 3.28. The molecule has 104 valence electrons. The minimum atomic E-state index is -0.796. The van der Waals surface area contributed by atoms with Crippen molar-refractivity contribution in [1.29, 1.82) is 0 Å². The summed E-state index contributed by atoms with van der Waals surface area (Å²) in [6.45, 7) is 0. The van der Waals surface area contributed by atoms with Crippen molar-refractivity contribution in [3.8, 4) is 0 Å². The highest BCUT2D eigenvalue weighted by Crippen LogP contribution is 2.24. The molecule has 0 spiro atoms. The molecule has 2 aromatic carbocycles. The van der Waals surface area contributed by atoms with Gasteiger partial charge in [-0.05, 0) is 40.2 Å². The Morgan fingerprint density at radius 2 is 1.67 bits per heavy atom. The van der Waals surface area contributed by atoms with Crippen molar-refractivity contribution in [3.05, 3.63) is 75.9 Å². The van der Waals surface area contributed by atoms with Crippen molar-refractivity contribution in [3.63, 3.8) is 0 Å². The first kappa shape index (κ1) is 13.8. The minimum absolute atomic E-state index is 0.0732. The molecule has 0 N–H and O–H groups in total. The molecule has 0 saturated heterocycles. The maximum Gasteiger partial charge on any atom is 0.212 e. The molecule has 0 aliphatic heterocycles. The molecule has 0 aliphatic rings. The normalized spacial score (nSPS) is 10.8. The lowest BCUT2D eigenvalue weighted by Crippen LogP contribution is -2.06. The summed E-state index contributed by atoms with van der Waals surface area (Å²) in [5.74, 6) is -2.13. The van der Waals surface area contributed by atoms with Crippen LogP contribution in [0.15, 0.2) is 53.0 Å². The van der Waals surface area contributed by atoms with E-state index in [1.165, 1.54) is 0 Å². The van der Waals surface area contributed by atoms with Crippen LogP contribution in [0.5, 0.6) is 0 Å². The molecule has 0 aliphatic carbocycles. The Hall–Kier alpha value is -2.14. The van der Waals surface area contributed by atoms with Crippen molar-refractivity contribution in [2.75, 3.05) is 0 Å². The van der Waals surface area contributed by atoms with Gasteiger partial charge >= 0.3 is 0 Å². The van der Waals surface area contributed by atoms with E-state index in [0.717, 1.165) is 23.6 Å². The lowest BCUT2D eigenvalue weighted by molar-refractivity contribution is 0.103. The number of ketones is 1. The molecule has 0 bridgehead atoms. The number of fused-ring (bicyclic) bond motifs is 1. The lowest BCUT2D eigenvalue weighted by atomic mass is 10.1. The average Bonchev–Trinajstić information content (AvgIpc) is 2.44. The van der Waals surface area contributed by atoms with E-state index in [2.05, 4.69) is 20.9 Å². The zero-order valence-electron chi connectivity index (χ0n) is 10.6. The van der Waals surface area contributed by atoms with Crippen LogP contribution in [0, 0.1) is 11.6 Å². The largest absolute Gasteiger partial charge is 0.287 e. The number of aromatic nitrogens is 1. The smallest absolute Gasteiger partial charge is 0.212 e. The summed E-state index contributed by atoms with van der Waals surface area (Å²) in [5, 5.41) is 0.867. The summed E-state index contributed by atoms with van der Waals surface area (Å²) in [6.07, 6.45) is 0. The second kappa shape index (κ2) is 5.33. The molecular weight excluding hydrogens is 340 g/mol. The average molecular weight is 348 g/mol. The Bertz CT molecular complexity index is 844. The SMILES string of the molecule is O=C(c1cc(F)cc(F)c1)c1nc2ccccc2cc1Br. The lowest BCUT2D eigenvalue weighted by Gasteiger charge is -2.06. The minimum Gasteiger partial charge on any atom is -0.287 e. The van der Waals surface area contributed by atoms with Crippen molar-refractivity contribution in [2.45, 2.75) is 0 Å². The molecule has 21 heavy (non-hydrogen) atoms. The fourth-order valence-corrected chi connectivity index (χ4v) is 2.59. The van der Waals surface area contributed by atoms with Crippen LogP contribution >= 0.6 is 15.9 Å². The Morgan fingerprint density at radius 1 is 1.00 bits per heavy atom. The van der Waals surface area contributed by atoms with Crippen LogP contribution in [-0.4, -0.2) is 10.8 Å². The van der Waals surface area contributed by atoms with E-state index in [1.807, 2.05) is 12.1 Å². The Balaban J connectivity index is 2.14. The number of benzene rings is 2. The van der Waals surface area contributed by atoms with Crippen molar-refractivity contribution in [2.24, 2.45) is 0 Å². The summed E-state index contributed by atoms with van der Waals surface area (Å²) in [4.78, 5) is 16.7. The van der Waals surface area contributed by atoms with Gasteiger partial charge in [0.15, 0.2) is 0 Å². The third kappa shape index (κ3) is 2.69. The molecule has 3 rings (SSSR count). The second-order valence-corrected chi connectivity index (χ2v) is 5.35. The third-order valence-electron chi connectivity index (χ3n) is 3.02. The predicted molar refractivity (Wildman–Crippen MR) is 79.2 cm³/mol. The summed E-state index contributed by atoms with van der Waals surface area (Å²) in [6, 6.07) is 11.8. The molecular formula is C16H8BrF2NO. The topological polar surface area (TPSA) is 30.0 Å². The number of nitrogens with zero attached hydrogens (tertiary/aromatic N) is 1. The van der Waals surface area contributed by atoms with Gasteiger partial charge in [-0.15, -0.1) is 0 Å². The van der Waals surface area contributed by atoms with Gasteiger partial charge in [0.1, 0.15) is 17.3 Å². The van der Waals surface area contributed by atoms with Crippen LogP contribution in [0.25, 0.3) is 10.9 Å². The number of halogens is 3. The van der Waals surface area contributed by atoms with E-state index in [-0.39, 0.29) is 11.3 Å². The highest BCUT2D eigenvalue weighted by Gasteiger charge is 2.17. The number of carbonyl (C=O) groups is 1. The van der Waals surface area contributed by atoms with Gasteiger partial charge in [-0.1, -0.05) is 18.2 Å². The van der Waals surface area contributed by atoms with Crippen LogP contribution < -0.4 is 0 Å². The van der Waals surface area contributed by atoms with E-state index < -0.39 is 17.4 Å². The Labute approximate surface area is 127 Å². The van der Waals surface area contributed by atoms with Gasteiger partial charge in [0.05, 0.1) is 5.52 Å². The maximum absolute atomic E-state index is 13.2. The molecule has 0 radical (unpaired) electrons. The summed E-state index contributed by atoms with van der Waals surface area (Å²) in [5.41, 5.74) is 0.690. The predicted octanol–water partition coefficient (Wildman–Crippen LogP) is 4.51. The number of pyridine rings is 1. The van der Waals surface area contributed by atoms with Crippen LogP contribution in [0.2, 0.25) is 0 Å². The first-order valence-electron chi connectivity index (χ1n) is 6.11. The molecule has 1 heterocycles. The van der Waals surface area contributed by atoms with Gasteiger partial charge in [-0.2, -0.15) is 0 Å². The standard InChI is InChI=1S/C16H8BrF2NO/c17-13-7-9-3-1-2-4-14(9)20-15(13)16(21)10-5-11(18)8-12(19)6-10/h1-8H. The van der Waals surface area contributed by atoms with Gasteiger partial charge < -0.3 is 0 Å². The maximum atomic E-state index is 13.2. The van der Waals surface area contributed by atoms with Crippen molar-refractivity contribution in [1.82, 2.24) is 4.98 Å². The highest BCUT2D eigenvalue weighted by atomic mass is 79.9. The zero-order chi connectivity index (χ0) is 15.0. The van der Waals surface area contributed by atoms with Gasteiger partial charge in [0, 0.05) is 21.5 Å². The molecule has 2 nitrogen and oxygen atoms in total. The number of hydrogen-bond acceptors (Lipinski definition) is 2. The fraction of sp³-hybridized carbons (Fsp3) is 0. The Kier molecular flexibility index (Phi) is 3.51. The van der Waals surface area contributed by atoms with Crippen molar-refractivity contribution < 1.29 is 13.6 Å².